The van der Waals surface area contributed by atoms with Crippen molar-refractivity contribution in [3.8, 4) is 0 Å². The number of aromatic nitrogens is 1. The van der Waals surface area contributed by atoms with E-state index in [1.807, 2.05) is 6.92 Å². The molecule has 0 aliphatic carbocycles. The average Bonchev–Trinajstić information content (AvgIpc) is 3.55. The van der Waals surface area contributed by atoms with Crippen LogP contribution in [0.15, 0.2) is 59.8 Å². The van der Waals surface area contributed by atoms with E-state index in [1.165, 1.54) is 141 Å². The van der Waals surface area contributed by atoms with Crippen LogP contribution in [-0.2, 0) is 30.9 Å². The fraction of sp³-hybridized carbons (Fsp3) is 0.732. The van der Waals surface area contributed by atoms with Crippen LogP contribution in [0.25, 0.3) is 0 Å². The molecule has 0 bridgehead atoms. The van der Waals surface area contributed by atoms with E-state index in [0.717, 1.165) is 31.6 Å². The molecule has 1 saturated heterocycles. The third-order valence-electron chi connectivity index (χ3n) is 9.20. The number of rotatable bonds is 28. The van der Waals surface area contributed by atoms with E-state index >= 15 is 0 Å². The first kappa shape index (κ1) is 43.3. The summed E-state index contributed by atoms with van der Waals surface area (Å²) in [6.07, 6.45) is 34.3. The second-order valence-corrected chi connectivity index (χ2v) is 15.2. The molecule has 0 amide bonds. The Kier molecular flexibility index (Phi) is 25.5. The van der Waals surface area contributed by atoms with E-state index in [4.69, 9.17) is 14.2 Å². The van der Waals surface area contributed by atoms with Gasteiger partial charge in [-0.1, -0.05) is 140 Å². The van der Waals surface area contributed by atoms with E-state index in [1.54, 1.807) is 12.1 Å². The van der Waals surface area contributed by atoms with Crippen molar-refractivity contribution in [2.24, 2.45) is 0 Å². The number of unbranched alkanes of at least 4 members (excludes halogenated alkanes) is 19. The van der Waals surface area contributed by atoms with Crippen LogP contribution in [0.2, 0.25) is 0 Å². The summed E-state index contributed by atoms with van der Waals surface area (Å²) in [6, 6.07) is 12.0. The zero-order chi connectivity index (χ0) is 35.3. The smallest absolute Gasteiger partial charge is 0.168 e. The predicted molar refractivity (Wildman–Crippen MR) is 198 cm³/mol. The van der Waals surface area contributed by atoms with Crippen LogP contribution in [-0.4, -0.2) is 45.2 Å². The van der Waals surface area contributed by atoms with Crippen LogP contribution in [0, 0.1) is 6.92 Å². The van der Waals surface area contributed by atoms with E-state index in [2.05, 4.69) is 42.1 Å². The molecule has 1 aliphatic rings. The Morgan fingerprint density at radius 1 is 0.714 bits per heavy atom. The highest BCUT2D eigenvalue weighted by Gasteiger charge is 2.25. The largest absolute Gasteiger partial charge is 0.744 e. The van der Waals surface area contributed by atoms with Crippen molar-refractivity contribution >= 4 is 10.1 Å². The van der Waals surface area contributed by atoms with Gasteiger partial charge in [-0.3, -0.25) is 0 Å². The maximum Gasteiger partial charge on any atom is 0.168 e. The first-order valence-corrected chi connectivity index (χ1v) is 21.1. The van der Waals surface area contributed by atoms with Crippen LogP contribution in [0.1, 0.15) is 154 Å². The molecule has 1 aromatic carbocycles. The summed E-state index contributed by atoms with van der Waals surface area (Å²) in [6.45, 7) is 7.43. The second kappa shape index (κ2) is 28.8. The lowest BCUT2D eigenvalue weighted by Gasteiger charge is -2.12. The molecule has 7 nitrogen and oxygen atoms in total. The molecule has 1 aromatic heterocycles. The number of hydrogen-bond acceptors (Lipinski definition) is 6. The zero-order valence-corrected chi connectivity index (χ0v) is 31.9. The van der Waals surface area contributed by atoms with Crippen molar-refractivity contribution in [1.82, 2.24) is 0 Å². The minimum Gasteiger partial charge on any atom is -0.744 e. The molecular weight excluding hydrogens is 635 g/mol. The van der Waals surface area contributed by atoms with Gasteiger partial charge in [0, 0.05) is 25.2 Å². The van der Waals surface area contributed by atoms with Crippen molar-refractivity contribution in [1.29, 1.82) is 0 Å². The molecule has 1 aliphatic heterocycles. The molecule has 8 heteroatoms. The Morgan fingerprint density at radius 3 is 1.78 bits per heavy atom. The Balaban J connectivity index is 0.000000639. The van der Waals surface area contributed by atoms with Gasteiger partial charge in [-0.15, -0.1) is 0 Å². The Hall–Kier alpha value is -1.84. The monoisotopic (exact) mass is 703 g/mol. The Morgan fingerprint density at radius 2 is 1.22 bits per heavy atom. The third-order valence-corrected chi connectivity index (χ3v) is 10.1. The van der Waals surface area contributed by atoms with Crippen molar-refractivity contribution in [2.75, 3.05) is 19.8 Å². The Bertz CT molecular complexity index is 1130. The molecule has 2 atom stereocenters. The summed E-state index contributed by atoms with van der Waals surface area (Å²) in [5, 5.41) is 0. The van der Waals surface area contributed by atoms with Gasteiger partial charge in [0.2, 0.25) is 0 Å². The molecule has 0 radical (unpaired) electrons. The van der Waals surface area contributed by atoms with Crippen LogP contribution < -0.4 is 4.57 Å². The summed E-state index contributed by atoms with van der Waals surface area (Å²) in [4.78, 5) is -0.178. The fourth-order valence-corrected chi connectivity index (χ4v) is 6.61. The SMILES string of the molecule is CCCCCCCCCCCCCCCCCCC[C@H]1OC[C@H](COCCCCCC[n+]2ccccc2)O1.Cc1ccc(S(=O)(=O)[O-])cc1. The van der Waals surface area contributed by atoms with Gasteiger partial charge < -0.3 is 18.8 Å². The van der Waals surface area contributed by atoms with E-state index in [0.29, 0.717) is 13.2 Å². The topological polar surface area (TPSA) is 88.8 Å². The molecule has 3 rings (SSSR count). The van der Waals surface area contributed by atoms with Crippen molar-refractivity contribution in [2.45, 2.75) is 179 Å². The normalized spacial score (nSPS) is 16.1. The van der Waals surface area contributed by atoms with Gasteiger partial charge in [0.25, 0.3) is 0 Å². The van der Waals surface area contributed by atoms with Gasteiger partial charge in [-0.05, 0) is 44.7 Å². The summed E-state index contributed by atoms with van der Waals surface area (Å²) >= 11 is 0. The summed E-state index contributed by atoms with van der Waals surface area (Å²) in [5.74, 6) is 0. The molecule has 0 saturated carbocycles. The highest BCUT2D eigenvalue weighted by Crippen LogP contribution is 2.19. The first-order chi connectivity index (χ1) is 23.9. The average molecular weight is 704 g/mol. The second-order valence-electron chi connectivity index (χ2n) is 13.8. The van der Waals surface area contributed by atoms with Gasteiger partial charge in [0.1, 0.15) is 22.8 Å². The molecule has 2 heterocycles. The van der Waals surface area contributed by atoms with Gasteiger partial charge >= 0.3 is 0 Å². The number of pyridine rings is 1. The van der Waals surface area contributed by atoms with Gasteiger partial charge in [0.05, 0.1) is 18.1 Å². The minimum absolute atomic E-state index is 0.00423. The van der Waals surface area contributed by atoms with Crippen molar-refractivity contribution in [3.63, 3.8) is 0 Å². The molecule has 1 fully saturated rings. The van der Waals surface area contributed by atoms with E-state index in [9.17, 15) is 13.0 Å². The standard InChI is InChI=1S/C34H62NO3.C7H8O3S/c1-2-3-4-5-6-7-8-9-10-11-12-13-14-15-16-17-21-26-34-37-32-33(38-34)31-36-30-25-19-18-22-27-35-28-23-20-24-29-35;1-6-2-4-7(5-3-6)11(8,9)10/h20,23-24,28-29,33-34H,2-19,21-22,25-27,30-32H2,1H3;2-5H,1H3,(H,8,9,10)/q+1;/p-1/t33-,34-;/m0./s1. The number of ether oxygens (including phenoxy) is 3. The fourth-order valence-electron chi connectivity index (χ4n) is 6.14. The summed E-state index contributed by atoms with van der Waals surface area (Å²) in [5.41, 5.74) is 0.928. The summed E-state index contributed by atoms with van der Waals surface area (Å²) in [7, 11) is -4.27. The van der Waals surface area contributed by atoms with Crippen LogP contribution in [0.3, 0.4) is 0 Å². The Labute approximate surface area is 300 Å². The highest BCUT2D eigenvalue weighted by molar-refractivity contribution is 7.85. The summed E-state index contributed by atoms with van der Waals surface area (Å²) < 4.78 is 51.2. The maximum absolute atomic E-state index is 10.4. The molecule has 2 aromatic rings. The highest BCUT2D eigenvalue weighted by atomic mass is 32.2. The quantitative estimate of drug-likeness (QED) is 0.0498. The lowest BCUT2D eigenvalue weighted by Crippen LogP contribution is -2.32. The van der Waals surface area contributed by atoms with E-state index in [-0.39, 0.29) is 17.3 Å². The van der Waals surface area contributed by atoms with Gasteiger partial charge in [-0.25, -0.2) is 13.0 Å². The molecule has 280 valence electrons. The number of hydrogen-bond donors (Lipinski definition) is 0. The van der Waals surface area contributed by atoms with Gasteiger partial charge in [-0.2, -0.15) is 0 Å². The molecule has 0 unspecified atom stereocenters. The maximum atomic E-state index is 10.4. The van der Waals surface area contributed by atoms with Crippen molar-refractivity contribution in [3.05, 3.63) is 60.4 Å². The minimum atomic E-state index is -4.27. The number of nitrogens with zero attached hydrogens (tertiary/aromatic N) is 1. The van der Waals surface area contributed by atoms with Crippen molar-refractivity contribution < 1.29 is 31.7 Å². The molecular formula is C41H69NO6S. The molecule has 0 N–H and O–H groups in total. The molecule has 49 heavy (non-hydrogen) atoms. The third kappa shape index (κ3) is 24.1. The van der Waals surface area contributed by atoms with E-state index < -0.39 is 10.1 Å². The molecule has 0 spiro atoms. The van der Waals surface area contributed by atoms with Crippen LogP contribution in [0.4, 0.5) is 0 Å². The zero-order valence-electron chi connectivity index (χ0n) is 31.0. The first-order valence-electron chi connectivity index (χ1n) is 19.7. The van der Waals surface area contributed by atoms with Crippen LogP contribution in [0.5, 0.6) is 0 Å². The lowest BCUT2D eigenvalue weighted by molar-refractivity contribution is -0.697. The predicted octanol–water partition coefficient (Wildman–Crippen LogP) is 10.2. The van der Waals surface area contributed by atoms with Gasteiger partial charge in [0.15, 0.2) is 18.7 Å². The number of aryl methyl sites for hydroxylation is 2. The number of benzene rings is 1. The van der Waals surface area contributed by atoms with Crippen LogP contribution >= 0.6 is 0 Å². The lowest BCUT2D eigenvalue weighted by atomic mass is 10.0.